The molecule has 4 heteroatoms. The number of nitrogens with zero attached hydrogens (tertiary/aromatic N) is 1. The van der Waals surface area contributed by atoms with E-state index in [1.165, 1.54) is 5.56 Å². The average molecular weight is 346 g/mol. The van der Waals surface area contributed by atoms with E-state index in [0.717, 1.165) is 23.2 Å². The highest BCUT2D eigenvalue weighted by molar-refractivity contribution is 6.32. The van der Waals surface area contributed by atoms with Crippen LogP contribution in [0, 0.1) is 13.8 Å². The van der Waals surface area contributed by atoms with Crippen LogP contribution in [0.5, 0.6) is 11.5 Å². The van der Waals surface area contributed by atoms with Crippen LogP contribution in [0.25, 0.3) is 0 Å². The van der Waals surface area contributed by atoms with Crippen molar-refractivity contribution in [1.82, 2.24) is 0 Å². The lowest BCUT2D eigenvalue weighted by Gasteiger charge is -2.17. The van der Waals surface area contributed by atoms with Gasteiger partial charge in [-0.1, -0.05) is 36.2 Å². The Hall–Kier alpha value is -2.00. The van der Waals surface area contributed by atoms with Gasteiger partial charge in [0.05, 0.1) is 23.9 Å². The predicted molar refractivity (Wildman–Crippen MR) is 102 cm³/mol. The number of benzene rings is 2. The van der Waals surface area contributed by atoms with E-state index in [0.29, 0.717) is 16.5 Å². The molecule has 0 N–H and O–H groups in total. The molecule has 3 nitrogen and oxygen atoms in total. The van der Waals surface area contributed by atoms with Crippen molar-refractivity contribution in [3.63, 3.8) is 0 Å². The molecule has 0 amide bonds. The number of ether oxygens (including phenoxy) is 2. The van der Waals surface area contributed by atoms with Crippen LogP contribution in [0.1, 0.15) is 37.0 Å². The first-order valence-corrected chi connectivity index (χ1v) is 8.48. The summed E-state index contributed by atoms with van der Waals surface area (Å²) < 4.78 is 11.3. The van der Waals surface area contributed by atoms with Crippen LogP contribution < -0.4 is 9.47 Å². The van der Waals surface area contributed by atoms with E-state index < -0.39 is 0 Å². The van der Waals surface area contributed by atoms with Gasteiger partial charge in [-0.05, 0) is 56.5 Å². The Balaban J connectivity index is 2.31. The molecule has 0 bridgehead atoms. The summed E-state index contributed by atoms with van der Waals surface area (Å²) in [7, 11) is 1.61. The van der Waals surface area contributed by atoms with E-state index in [1.54, 1.807) is 13.3 Å². The van der Waals surface area contributed by atoms with Gasteiger partial charge in [0.2, 0.25) is 0 Å². The molecule has 0 aliphatic heterocycles. The average Bonchev–Trinajstić information content (AvgIpc) is 2.55. The summed E-state index contributed by atoms with van der Waals surface area (Å²) >= 11 is 6.38. The number of hydrogen-bond donors (Lipinski definition) is 0. The molecule has 24 heavy (non-hydrogen) atoms. The second kappa shape index (κ2) is 8.20. The monoisotopic (exact) mass is 345 g/mol. The number of halogens is 1. The molecule has 0 aromatic heterocycles. The van der Waals surface area contributed by atoms with E-state index in [-0.39, 0.29) is 6.10 Å². The first kappa shape index (κ1) is 18.3. The SMILES string of the molecule is CC[C@@H](C)Oc1c(Cl)cc(C=Nc2ccc(C)cc2C)cc1OC. The Morgan fingerprint density at radius 2 is 1.96 bits per heavy atom. The molecule has 0 saturated carbocycles. The summed E-state index contributed by atoms with van der Waals surface area (Å²) in [5, 5.41) is 0.525. The van der Waals surface area contributed by atoms with Crippen molar-refractivity contribution < 1.29 is 9.47 Å². The molecule has 2 aromatic carbocycles. The van der Waals surface area contributed by atoms with Crippen molar-refractivity contribution in [1.29, 1.82) is 0 Å². The molecule has 0 saturated heterocycles. The van der Waals surface area contributed by atoms with E-state index in [1.807, 2.05) is 25.1 Å². The van der Waals surface area contributed by atoms with Crippen molar-refractivity contribution in [2.45, 2.75) is 40.2 Å². The molecular formula is C20H24ClNO2. The van der Waals surface area contributed by atoms with E-state index in [4.69, 9.17) is 21.1 Å². The molecule has 128 valence electrons. The maximum absolute atomic E-state index is 6.38. The van der Waals surface area contributed by atoms with Crippen LogP contribution >= 0.6 is 11.6 Å². The maximum atomic E-state index is 6.38. The molecule has 0 unspecified atom stereocenters. The van der Waals surface area contributed by atoms with Crippen molar-refractivity contribution in [2.75, 3.05) is 7.11 Å². The Morgan fingerprint density at radius 3 is 2.58 bits per heavy atom. The molecule has 0 spiro atoms. The van der Waals surface area contributed by atoms with Crippen LogP contribution in [0.15, 0.2) is 35.3 Å². The molecule has 0 aliphatic rings. The molecule has 0 fully saturated rings. The Bertz CT molecular complexity index is 741. The fourth-order valence-electron chi connectivity index (χ4n) is 2.31. The summed E-state index contributed by atoms with van der Waals surface area (Å²) in [6.45, 7) is 8.19. The van der Waals surface area contributed by atoms with Crippen LogP contribution in [0.3, 0.4) is 0 Å². The zero-order chi connectivity index (χ0) is 17.7. The maximum Gasteiger partial charge on any atom is 0.180 e. The van der Waals surface area contributed by atoms with E-state index in [9.17, 15) is 0 Å². The Labute approximate surface area is 149 Å². The molecule has 2 aromatic rings. The van der Waals surface area contributed by atoms with E-state index in [2.05, 4.69) is 37.9 Å². The summed E-state index contributed by atoms with van der Waals surface area (Å²) in [5.41, 5.74) is 4.17. The van der Waals surface area contributed by atoms with E-state index >= 15 is 0 Å². The zero-order valence-electron chi connectivity index (χ0n) is 14.9. The van der Waals surface area contributed by atoms with Crippen molar-refractivity contribution in [2.24, 2.45) is 4.99 Å². The van der Waals surface area contributed by atoms with Crippen molar-refractivity contribution in [3.05, 3.63) is 52.0 Å². The number of aliphatic imine (C=N–C) groups is 1. The third-order valence-corrected chi connectivity index (χ3v) is 4.13. The second-order valence-electron chi connectivity index (χ2n) is 5.92. The van der Waals surface area contributed by atoms with Crippen LogP contribution in [0.2, 0.25) is 5.02 Å². The van der Waals surface area contributed by atoms with Gasteiger partial charge in [0.25, 0.3) is 0 Å². The molecule has 0 aliphatic carbocycles. The summed E-state index contributed by atoms with van der Waals surface area (Å²) in [6.07, 6.45) is 2.76. The number of hydrogen-bond acceptors (Lipinski definition) is 3. The van der Waals surface area contributed by atoms with Gasteiger partial charge < -0.3 is 9.47 Å². The van der Waals surface area contributed by atoms with Gasteiger partial charge in [-0.25, -0.2) is 0 Å². The minimum atomic E-state index is 0.0751. The van der Waals surface area contributed by atoms with Gasteiger partial charge in [-0.3, -0.25) is 4.99 Å². The van der Waals surface area contributed by atoms with Crippen LogP contribution in [-0.4, -0.2) is 19.4 Å². The smallest absolute Gasteiger partial charge is 0.180 e. The minimum absolute atomic E-state index is 0.0751. The van der Waals surface area contributed by atoms with Gasteiger partial charge in [0.15, 0.2) is 11.5 Å². The first-order chi connectivity index (χ1) is 11.4. The van der Waals surface area contributed by atoms with Gasteiger partial charge >= 0.3 is 0 Å². The van der Waals surface area contributed by atoms with Crippen LogP contribution in [0.4, 0.5) is 5.69 Å². The second-order valence-corrected chi connectivity index (χ2v) is 6.33. The van der Waals surface area contributed by atoms with Crippen molar-refractivity contribution in [3.8, 4) is 11.5 Å². The number of aryl methyl sites for hydroxylation is 2. The molecule has 2 rings (SSSR count). The number of rotatable bonds is 6. The highest BCUT2D eigenvalue weighted by Crippen LogP contribution is 2.37. The van der Waals surface area contributed by atoms with Gasteiger partial charge in [0, 0.05) is 6.21 Å². The quantitative estimate of drug-likeness (QED) is 0.611. The van der Waals surface area contributed by atoms with Gasteiger partial charge in [0.1, 0.15) is 0 Å². The predicted octanol–water partition coefficient (Wildman–Crippen LogP) is 5.89. The Kier molecular flexibility index (Phi) is 6.27. The van der Waals surface area contributed by atoms with Gasteiger partial charge in [-0.15, -0.1) is 0 Å². The molecule has 1 atom stereocenters. The highest BCUT2D eigenvalue weighted by atomic mass is 35.5. The summed E-state index contributed by atoms with van der Waals surface area (Å²) in [6, 6.07) is 9.91. The summed E-state index contributed by atoms with van der Waals surface area (Å²) in [4.78, 5) is 4.56. The Morgan fingerprint density at radius 1 is 1.21 bits per heavy atom. The van der Waals surface area contributed by atoms with Crippen molar-refractivity contribution >= 4 is 23.5 Å². The highest BCUT2D eigenvalue weighted by Gasteiger charge is 2.14. The fraction of sp³-hybridized carbons (Fsp3) is 0.350. The molecular weight excluding hydrogens is 322 g/mol. The largest absolute Gasteiger partial charge is 0.493 e. The minimum Gasteiger partial charge on any atom is -0.493 e. The lowest BCUT2D eigenvalue weighted by molar-refractivity contribution is 0.208. The van der Waals surface area contributed by atoms with Gasteiger partial charge in [-0.2, -0.15) is 0 Å². The normalized spacial score (nSPS) is 12.4. The molecule has 0 heterocycles. The number of methoxy groups -OCH3 is 1. The lowest BCUT2D eigenvalue weighted by atomic mass is 10.1. The standard InChI is InChI=1S/C20H24ClNO2/c1-6-15(4)24-20-17(21)10-16(11-19(20)23-5)12-22-18-8-7-13(2)9-14(18)3/h7-12,15H,6H2,1-5H3/t15-/m1/s1. The third kappa shape index (κ3) is 4.51. The third-order valence-electron chi connectivity index (χ3n) is 3.85. The fourth-order valence-corrected chi connectivity index (χ4v) is 2.57. The first-order valence-electron chi connectivity index (χ1n) is 8.10. The van der Waals surface area contributed by atoms with Crippen LogP contribution in [-0.2, 0) is 0 Å². The molecule has 0 radical (unpaired) electrons. The lowest BCUT2D eigenvalue weighted by Crippen LogP contribution is -2.11. The summed E-state index contributed by atoms with van der Waals surface area (Å²) in [5.74, 6) is 1.20. The topological polar surface area (TPSA) is 30.8 Å². The zero-order valence-corrected chi connectivity index (χ0v) is 15.6.